The van der Waals surface area contributed by atoms with Gasteiger partial charge in [-0.25, -0.2) is 9.97 Å². The predicted octanol–water partition coefficient (Wildman–Crippen LogP) is 2.58. The fourth-order valence-electron chi connectivity index (χ4n) is 2.35. The molecule has 2 aromatic rings. The molecule has 23 heavy (non-hydrogen) atoms. The van der Waals surface area contributed by atoms with Crippen LogP contribution >= 0.6 is 23.1 Å². The molecule has 0 radical (unpaired) electrons. The lowest BCUT2D eigenvalue weighted by Crippen LogP contribution is -2.33. The number of aromatic nitrogens is 2. The van der Waals surface area contributed by atoms with Crippen molar-refractivity contribution in [3.8, 4) is 0 Å². The van der Waals surface area contributed by atoms with Gasteiger partial charge in [-0.1, -0.05) is 6.92 Å². The van der Waals surface area contributed by atoms with E-state index in [-0.39, 0.29) is 5.91 Å². The smallest absolute Gasteiger partial charge is 0.253 e. The fourth-order valence-corrected chi connectivity index (χ4v) is 4.07. The predicted molar refractivity (Wildman–Crippen MR) is 96.4 cm³/mol. The third kappa shape index (κ3) is 4.23. The lowest BCUT2D eigenvalue weighted by molar-refractivity contribution is 0.0950. The van der Waals surface area contributed by atoms with E-state index in [0.29, 0.717) is 12.1 Å². The summed E-state index contributed by atoms with van der Waals surface area (Å²) in [5.41, 5.74) is 1.66. The van der Waals surface area contributed by atoms with Gasteiger partial charge in [0, 0.05) is 36.2 Å². The molecule has 3 rings (SSSR count). The molecule has 0 bridgehead atoms. The number of anilines is 1. The van der Waals surface area contributed by atoms with E-state index in [0.717, 1.165) is 47.5 Å². The van der Waals surface area contributed by atoms with Crippen molar-refractivity contribution in [3.63, 3.8) is 0 Å². The summed E-state index contributed by atoms with van der Waals surface area (Å²) in [4.78, 5) is 23.3. The number of hydrogen-bond donors (Lipinski definition) is 1. The van der Waals surface area contributed by atoms with Crippen LogP contribution in [-0.2, 0) is 13.0 Å². The molecule has 1 aliphatic heterocycles. The van der Waals surface area contributed by atoms with Gasteiger partial charge in [0.1, 0.15) is 10.8 Å². The van der Waals surface area contributed by atoms with Crippen LogP contribution in [0.2, 0.25) is 0 Å². The molecule has 1 saturated heterocycles. The van der Waals surface area contributed by atoms with Crippen LogP contribution in [0.1, 0.15) is 28.0 Å². The molecule has 0 aromatic carbocycles. The van der Waals surface area contributed by atoms with Crippen molar-refractivity contribution in [2.75, 3.05) is 29.5 Å². The van der Waals surface area contributed by atoms with Crippen molar-refractivity contribution < 1.29 is 4.79 Å². The summed E-state index contributed by atoms with van der Waals surface area (Å²) in [5, 5.41) is 5.88. The van der Waals surface area contributed by atoms with E-state index in [1.165, 1.54) is 0 Å². The third-order valence-corrected chi connectivity index (χ3v) is 5.55. The molecule has 7 heteroatoms. The number of thiazole rings is 1. The Morgan fingerprint density at radius 2 is 2.17 bits per heavy atom. The molecular weight excluding hydrogens is 328 g/mol. The van der Waals surface area contributed by atoms with E-state index in [1.807, 2.05) is 29.3 Å². The minimum atomic E-state index is -0.105. The molecule has 3 heterocycles. The molecule has 1 amide bonds. The number of aryl methyl sites for hydroxylation is 1. The van der Waals surface area contributed by atoms with Gasteiger partial charge in [-0.3, -0.25) is 4.79 Å². The summed E-state index contributed by atoms with van der Waals surface area (Å²) in [5.74, 6) is 3.12. The largest absolute Gasteiger partial charge is 0.355 e. The van der Waals surface area contributed by atoms with Crippen molar-refractivity contribution in [2.45, 2.75) is 19.9 Å². The normalized spacial score (nSPS) is 14.7. The standard InChI is InChI=1S/C16H20N4OS2/c1-2-13-11-23-15(19-13)10-18-16(21)12-3-4-14(17-9-12)20-5-7-22-8-6-20/h3-4,9,11H,2,5-8,10H2,1H3,(H,18,21). The minimum Gasteiger partial charge on any atom is -0.355 e. The van der Waals surface area contributed by atoms with E-state index in [1.54, 1.807) is 17.5 Å². The minimum absolute atomic E-state index is 0.105. The van der Waals surface area contributed by atoms with Crippen LogP contribution in [-0.4, -0.2) is 40.5 Å². The highest BCUT2D eigenvalue weighted by Gasteiger charge is 2.13. The summed E-state index contributed by atoms with van der Waals surface area (Å²) in [6.07, 6.45) is 2.58. The van der Waals surface area contributed by atoms with Crippen molar-refractivity contribution >= 4 is 34.8 Å². The van der Waals surface area contributed by atoms with Gasteiger partial charge in [-0.15, -0.1) is 11.3 Å². The van der Waals surface area contributed by atoms with Crippen LogP contribution in [0.15, 0.2) is 23.7 Å². The van der Waals surface area contributed by atoms with Gasteiger partial charge in [0.15, 0.2) is 0 Å². The molecule has 2 aromatic heterocycles. The Hall–Kier alpha value is -1.60. The maximum Gasteiger partial charge on any atom is 0.253 e. The zero-order valence-corrected chi connectivity index (χ0v) is 14.8. The van der Waals surface area contributed by atoms with Crippen LogP contribution in [0.5, 0.6) is 0 Å². The van der Waals surface area contributed by atoms with Gasteiger partial charge in [-0.05, 0) is 18.6 Å². The van der Waals surface area contributed by atoms with Gasteiger partial charge in [0.25, 0.3) is 5.91 Å². The monoisotopic (exact) mass is 348 g/mol. The van der Waals surface area contributed by atoms with Crippen LogP contribution in [0.4, 0.5) is 5.82 Å². The topological polar surface area (TPSA) is 58.1 Å². The van der Waals surface area contributed by atoms with Crippen molar-refractivity contribution in [1.29, 1.82) is 0 Å². The molecule has 0 saturated carbocycles. The fraction of sp³-hybridized carbons (Fsp3) is 0.438. The maximum atomic E-state index is 12.2. The van der Waals surface area contributed by atoms with E-state index in [2.05, 4.69) is 27.1 Å². The van der Waals surface area contributed by atoms with Crippen molar-refractivity contribution in [1.82, 2.24) is 15.3 Å². The molecule has 0 aliphatic carbocycles. The number of thioether (sulfide) groups is 1. The molecule has 1 N–H and O–H groups in total. The van der Waals surface area contributed by atoms with E-state index >= 15 is 0 Å². The Labute approximate surface area is 144 Å². The van der Waals surface area contributed by atoms with Crippen LogP contribution in [0.3, 0.4) is 0 Å². The number of carbonyl (C=O) groups is 1. The van der Waals surface area contributed by atoms with E-state index in [9.17, 15) is 4.79 Å². The number of rotatable bonds is 5. The van der Waals surface area contributed by atoms with Gasteiger partial charge >= 0.3 is 0 Å². The molecule has 5 nitrogen and oxygen atoms in total. The lowest BCUT2D eigenvalue weighted by atomic mass is 10.2. The summed E-state index contributed by atoms with van der Waals surface area (Å²) < 4.78 is 0. The second-order valence-corrected chi connectivity index (χ2v) is 7.44. The first-order chi connectivity index (χ1) is 11.3. The quantitative estimate of drug-likeness (QED) is 0.900. The van der Waals surface area contributed by atoms with Gasteiger partial charge in [0.05, 0.1) is 17.8 Å². The number of amides is 1. The van der Waals surface area contributed by atoms with Crippen molar-refractivity contribution in [3.05, 3.63) is 40.0 Å². The number of hydrogen-bond acceptors (Lipinski definition) is 6. The molecule has 0 atom stereocenters. The van der Waals surface area contributed by atoms with Gasteiger partial charge < -0.3 is 10.2 Å². The zero-order chi connectivity index (χ0) is 16.1. The first-order valence-corrected chi connectivity index (χ1v) is 9.80. The third-order valence-electron chi connectivity index (χ3n) is 3.71. The van der Waals surface area contributed by atoms with E-state index < -0.39 is 0 Å². The Kier molecular flexibility index (Phi) is 5.51. The second kappa shape index (κ2) is 7.79. The first kappa shape index (κ1) is 16.3. The zero-order valence-electron chi connectivity index (χ0n) is 13.1. The molecule has 122 valence electrons. The summed E-state index contributed by atoms with van der Waals surface area (Å²) >= 11 is 3.55. The Balaban J connectivity index is 1.56. The molecular formula is C16H20N4OS2. The second-order valence-electron chi connectivity index (χ2n) is 5.27. The Bertz CT molecular complexity index is 650. The Morgan fingerprint density at radius 3 is 2.83 bits per heavy atom. The van der Waals surface area contributed by atoms with Crippen molar-refractivity contribution in [2.24, 2.45) is 0 Å². The molecule has 1 fully saturated rings. The SMILES string of the molecule is CCc1csc(CNC(=O)c2ccc(N3CCSCC3)nc2)n1. The average molecular weight is 348 g/mol. The molecule has 0 unspecified atom stereocenters. The highest BCUT2D eigenvalue weighted by molar-refractivity contribution is 7.99. The summed E-state index contributed by atoms with van der Waals surface area (Å²) in [6.45, 7) is 4.58. The van der Waals surface area contributed by atoms with E-state index in [4.69, 9.17) is 0 Å². The lowest BCUT2D eigenvalue weighted by Gasteiger charge is -2.27. The van der Waals surface area contributed by atoms with Crippen LogP contribution < -0.4 is 10.2 Å². The number of carbonyl (C=O) groups excluding carboxylic acids is 1. The highest BCUT2D eigenvalue weighted by Crippen LogP contribution is 2.17. The van der Waals surface area contributed by atoms with Crippen LogP contribution in [0.25, 0.3) is 0 Å². The van der Waals surface area contributed by atoms with Gasteiger partial charge in [0.2, 0.25) is 0 Å². The number of nitrogens with one attached hydrogen (secondary N) is 1. The summed E-state index contributed by atoms with van der Waals surface area (Å²) in [7, 11) is 0. The average Bonchev–Trinajstić information content (AvgIpc) is 3.09. The Morgan fingerprint density at radius 1 is 1.35 bits per heavy atom. The summed E-state index contributed by atoms with van der Waals surface area (Å²) in [6, 6.07) is 3.78. The highest BCUT2D eigenvalue weighted by atomic mass is 32.2. The first-order valence-electron chi connectivity index (χ1n) is 7.76. The molecule has 1 aliphatic rings. The maximum absolute atomic E-state index is 12.2. The number of nitrogens with zero attached hydrogens (tertiary/aromatic N) is 3. The number of pyridine rings is 1. The van der Waals surface area contributed by atoms with Gasteiger partial charge in [-0.2, -0.15) is 11.8 Å². The molecule has 0 spiro atoms. The van der Waals surface area contributed by atoms with Crippen LogP contribution in [0, 0.1) is 0 Å².